The lowest BCUT2D eigenvalue weighted by Crippen LogP contribution is -2.44. The predicted molar refractivity (Wildman–Crippen MR) is 128 cm³/mol. The van der Waals surface area contributed by atoms with Crippen molar-refractivity contribution >= 4 is 16.6 Å². The minimum Gasteiger partial charge on any atom is -0.543 e. The third kappa shape index (κ3) is 5.44. The average molecular weight is 421 g/mol. The van der Waals surface area contributed by atoms with Gasteiger partial charge in [0.05, 0.1) is 0 Å². The highest BCUT2D eigenvalue weighted by molar-refractivity contribution is 6.75. The van der Waals surface area contributed by atoms with Crippen molar-refractivity contribution in [3.63, 3.8) is 0 Å². The fourth-order valence-electron chi connectivity index (χ4n) is 3.29. The van der Waals surface area contributed by atoms with Crippen LogP contribution in [-0.4, -0.2) is 16.6 Å². The lowest BCUT2D eigenvalue weighted by Gasteiger charge is -2.39. The van der Waals surface area contributed by atoms with Crippen LogP contribution in [0.5, 0.6) is 11.5 Å². The minimum atomic E-state index is -1.90. The Hall–Kier alpha value is -0.746. The van der Waals surface area contributed by atoms with E-state index in [9.17, 15) is 0 Å². The highest BCUT2D eigenvalue weighted by atomic mass is 28.4. The number of hydrogen-bond donors (Lipinski definition) is 0. The van der Waals surface area contributed by atoms with Gasteiger partial charge in [-0.25, -0.2) is 0 Å². The topological polar surface area (TPSA) is 18.5 Å². The summed E-state index contributed by atoms with van der Waals surface area (Å²) in [6.45, 7) is 23.2. The quantitative estimate of drug-likeness (QED) is 0.444. The zero-order chi connectivity index (χ0) is 21.4. The molecule has 0 N–H and O–H groups in total. The summed E-state index contributed by atoms with van der Waals surface area (Å²) in [4.78, 5) is 0. The van der Waals surface area contributed by atoms with E-state index in [1.807, 2.05) is 0 Å². The van der Waals surface area contributed by atoms with Gasteiger partial charge in [0.2, 0.25) is 16.6 Å². The lowest BCUT2D eigenvalue weighted by molar-refractivity contribution is 0.422. The molecule has 0 spiro atoms. The first-order chi connectivity index (χ1) is 12.6. The van der Waals surface area contributed by atoms with Crippen LogP contribution in [0, 0.1) is 0 Å². The lowest BCUT2D eigenvalue weighted by atomic mass is 9.84. The van der Waals surface area contributed by atoms with Gasteiger partial charge in [-0.05, 0) is 66.7 Å². The molecule has 1 saturated carbocycles. The fourth-order valence-corrected chi connectivity index (χ4v) is 5.35. The molecule has 1 aromatic carbocycles. The highest BCUT2D eigenvalue weighted by Gasteiger charge is 2.41. The van der Waals surface area contributed by atoms with Gasteiger partial charge in [-0.3, -0.25) is 0 Å². The molecule has 0 aliphatic heterocycles. The predicted octanol–water partition coefficient (Wildman–Crippen LogP) is 8.50. The molecule has 0 atom stereocenters. The Morgan fingerprint density at radius 3 is 1.75 bits per heavy atom. The fraction of sp³-hybridized carbons (Fsp3) is 0.750. The van der Waals surface area contributed by atoms with Crippen LogP contribution in [0.2, 0.25) is 36.3 Å². The molecule has 0 amide bonds. The van der Waals surface area contributed by atoms with Gasteiger partial charge in [-0.15, -0.1) is 0 Å². The Bertz CT molecular complexity index is 660. The second-order valence-electron chi connectivity index (χ2n) is 11.8. The van der Waals surface area contributed by atoms with Crippen molar-refractivity contribution in [1.82, 2.24) is 0 Å². The molecule has 0 heterocycles. The van der Waals surface area contributed by atoms with Gasteiger partial charge in [0.15, 0.2) is 0 Å². The van der Waals surface area contributed by atoms with Crippen molar-refractivity contribution in [1.29, 1.82) is 0 Å². The summed E-state index contributed by atoms with van der Waals surface area (Å²) < 4.78 is 13.5. The molecule has 2 rings (SSSR count). The largest absolute Gasteiger partial charge is 0.543 e. The van der Waals surface area contributed by atoms with Crippen molar-refractivity contribution in [3.8, 4) is 11.5 Å². The van der Waals surface area contributed by atoms with Gasteiger partial charge >= 0.3 is 0 Å². The van der Waals surface area contributed by atoms with Gasteiger partial charge in [0.25, 0.3) is 0 Å². The first kappa shape index (κ1) is 23.5. The number of hydrogen-bond acceptors (Lipinski definition) is 2. The van der Waals surface area contributed by atoms with Crippen LogP contribution in [0.1, 0.15) is 85.1 Å². The van der Waals surface area contributed by atoms with Crippen molar-refractivity contribution in [2.45, 2.75) is 116 Å². The zero-order valence-electron chi connectivity index (χ0n) is 20.2. The van der Waals surface area contributed by atoms with E-state index in [1.165, 1.54) is 37.7 Å². The van der Waals surface area contributed by atoms with Crippen molar-refractivity contribution in [2.75, 3.05) is 0 Å². The average Bonchev–Trinajstić information content (AvgIpc) is 2.53. The number of rotatable bonds is 5. The van der Waals surface area contributed by atoms with E-state index >= 15 is 0 Å². The summed E-state index contributed by atoms with van der Waals surface area (Å²) in [5.41, 5.74) is 1.41. The molecular weight excluding hydrogens is 376 g/mol. The van der Waals surface area contributed by atoms with Crippen molar-refractivity contribution in [2.24, 2.45) is 0 Å². The molecule has 160 valence electrons. The van der Waals surface area contributed by atoms with Crippen molar-refractivity contribution < 1.29 is 8.85 Å². The molecule has 1 fully saturated rings. The van der Waals surface area contributed by atoms with E-state index < -0.39 is 16.6 Å². The van der Waals surface area contributed by atoms with E-state index in [-0.39, 0.29) is 10.1 Å². The first-order valence-corrected chi connectivity index (χ1v) is 17.0. The monoisotopic (exact) mass is 420 g/mol. The van der Waals surface area contributed by atoms with E-state index in [4.69, 9.17) is 8.85 Å². The van der Waals surface area contributed by atoms with E-state index in [1.54, 1.807) is 0 Å². The third-order valence-corrected chi connectivity index (χ3v) is 16.1. The number of benzene rings is 1. The summed E-state index contributed by atoms with van der Waals surface area (Å²) >= 11 is 0. The molecule has 28 heavy (non-hydrogen) atoms. The maximum Gasteiger partial charge on any atom is 0.250 e. The second-order valence-corrected chi connectivity index (χ2v) is 21.2. The van der Waals surface area contributed by atoms with Gasteiger partial charge in [0, 0.05) is 6.07 Å². The van der Waals surface area contributed by atoms with Crippen molar-refractivity contribution in [3.05, 3.63) is 23.8 Å². The molecule has 0 unspecified atom stereocenters. The highest BCUT2D eigenvalue weighted by Crippen LogP contribution is 2.44. The Labute approximate surface area is 176 Å². The minimum absolute atomic E-state index is 0.188. The van der Waals surface area contributed by atoms with Crippen LogP contribution in [-0.2, 0) is 0 Å². The molecule has 4 heteroatoms. The van der Waals surface area contributed by atoms with E-state index in [0.29, 0.717) is 5.92 Å². The Morgan fingerprint density at radius 2 is 1.25 bits per heavy atom. The Morgan fingerprint density at radius 1 is 0.750 bits per heavy atom. The summed E-state index contributed by atoms with van der Waals surface area (Å²) in [5, 5.41) is 0.378. The normalized spacial score (nSPS) is 17.5. The van der Waals surface area contributed by atoms with Gasteiger partial charge < -0.3 is 8.85 Å². The maximum absolute atomic E-state index is 6.87. The molecule has 0 saturated heterocycles. The van der Waals surface area contributed by atoms with Crippen LogP contribution < -0.4 is 8.85 Å². The van der Waals surface area contributed by atoms with E-state index in [0.717, 1.165) is 11.5 Å². The van der Waals surface area contributed by atoms with Gasteiger partial charge in [-0.2, -0.15) is 0 Å². The molecule has 1 aromatic rings. The summed E-state index contributed by atoms with van der Waals surface area (Å²) in [5.74, 6) is 2.71. The van der Waals surface area contributed by atoms with Crippen LogP contribution in [0.15, 0.2) is 18.2 Å². The van der Waals surface area contributed by atoms with Gasteiger partial charge in [0.1, 0.15) is 11.5 Å². The molecule has 0 aromatic heterocycles. The zero-order valence-corrected chi connectivity index (χ0v) is 22.2. The third-order valence-electron chi connectivity index (χ3n) is 7.38. The van der Waals surface area contributed by atoms with Crippen LogP contribution in [0.3, 0.4) is 0 Å². The Kier molecular flexibility index (Phi) is 6.87. The SMILES string of the molecule is CC(C)(C)[Si](C)(C)Oc1ccc(C2CCCCC2)c(O[Si](C)(C)C(C)(C)C)c1. The van der Waals surface area contributed by atoms with Crippen LogP contribution in [0.4, 0.5) is 0 Å². The van der Waals surface area contributed by atoms with Crippen LogP contribution >= 0.6 is 0 Å². The molecule has 0 bridgehead atoms. The van der Waals surface area contributed by atoms with E-state index in [2.05, 4.69) is 85.9 Å². The molecule has 0 radical (unpaired) electrons. The molecule has 1 aliphatic carbocycles. The molecule has 1 aliphatic rings. The summed E-state index contributed by atoms with van der Waals surface area (Å²) in [7, 11) is -3.77. The first-order valence-electron chi connectivity index (χ1n) is 11.2. The Balaban J connectivity index is 2.41. The summed E-state index contributed by atoms with van der Waals surface area (Å²) in [6.07, 6.45) is 6.63. The summed E-state index contributed by atoms with van der Waals surface area (Å²) in [6, 6.07) is 6.72. The molecular formula is C24H44O2Si2. The maximum atomic E-state index is 6.87. The second kappa shape index (κ2) is 8.18. The molecule has 2 nitrogen and oxygen atoms in total. The van der Waals surface area contributed by atoms with Crippen LogP contribution in [0.25, 0.3) is 0 Å². The standard InChI is InChI=1S/C24H44O2Si2/c1-23(2,3)27(7,8)25-20-16-17-21(19-14-12-11-13-15-19)22(18-20)26-28(9,10)24(4,5)6/h16-19H,11-15H2,1-10H3. The smallest absolute Gasteiger partial charge is 0.250 e. The van der Waals surface area contributed by atoms with Gasteiger partial charge in [-0.1, -0.05) is 66.9 Å².